The molecule has 0 radical (unpaired) electrons. The number of rotatable bonds is 7. The van der Waals surface area contributed by atoms with E-state index in [-0.39, 0.29) is 6.61 Å². The third-order valence-corrected chi connectivity index (χ3v) is 5.52. The van der Waals surface area contributed by atoms with Gasteiger partial charge in [0.05, 0.1) is 6.61 Å². The molecular weight excluding hydrogens is 420 g/mol. The fourth-order valence-electron chi connectivity index (χ4n) is 3.80. The summed E-state index contributed by atoms with van der Waals surface area (Å²) in [6, 6.07) is 41.8. The Morgan fingerprint density at radius 3 is 1.18 bits per heavy atom. The van der Waals surface area contributed by atoms with Crippen LogP contribution in [0.2, 0.25) is 0 Å². The summed E-state index contributed by atoms with van der Waals surface area (Å²) in [6.45, 7) is -0.104. The van der Waals surface area contributed by atoms with Crippen molar-refractivity contribution in [2.75, 3.05) is 0 Å². The van der Waals surface area contributed by atoms with Gasteiger partial charge in [-0.2, -0.15) is 0 Å². The van der Waals surface area contributed by atoms with Crippen molar-refractivity contribution >= 4 is 0 Å². The maximum atomic E-state index is 9.73. The van der Waals surface area contributed by atoms with Crippen molar-refractivity contribution in [3.05, 3.63) is 133 Å². The van der Waals surface area contributed by atoms with Crippen LogP contribution in [0.1, 0.15) is 5.56 Å². The molecule has 0 aliphatic rings. The predicted octanol–water partition coefficient (Wildman–Crippen LogP) is 8.10. The summed E-state index contributed by atoms with van der Waals surface area (Å²) in [4.78, 5) is 0. The van der Waals surface area contributed by atoms with Crippen LogP contribution >= 0.6 is 0 Å². The van der Waals surface area contributed by atoms with E-state index < -0.39 is 0 Å². The molecule has 0 bridgehead atoms. The molecular formula is C31H24O3. The van der Waals surface area contributed by atoms with E-state index in [1.54, 1.807) is 0 Å². The Labute approximate surface area is 199 Å². The van der Waals surface area contributed by atoms with E-state index in [2.05, 4.69) is 24.3 Å². The minimum absolute atomic E-state index is 0.104. The highest BCUT2D eigenvalue weighted by atomic mass is 16.5. The Bertz CT molecular complexity index is 1240. The lowest BCUT2D eigenvalue weighted by molar-refractivity contribution is 0.280. The largest absolute Gasteiger partial charge is 0.457 e. The third kappa shape index (κ3) is 5.17. The van der Waals surface area contributed by atoms with E-state index >= 15 is 0 Å². The topological polar surface area (TPSA) is 38.7 Å². The van der Waals surface area contributed by atoms with E-state index in [1.165, 1.54) is 0 Å². The molecule has 0 atom stereocenters. The van der Waals surface area contributed by atoms with Crippen molar-refractivity contribution in [1.29, 1.82) is 0 Å². The van der Waals surface area contributed by atoms with Gasteiger partial charge in [0.2, 0.25) is 0 Å². The molecule has 0 heterocycles. The lowest BCUT2D eigenvalue weighted by Crippen LogP contribution is -1.92. The molecule has 5 aromatic rings. The summed E-state index contributed by atoms with van der Waals surface area (Å²) in [5.41, 5.74) is 5.28. The molecule has 5 aromatic carbocycles. The van der Waals surface area contributed by atoms with Gasteiger partial charge in [-0.05, 0) is 64.2 Å². The molecule has 0 aliphatic carbocycles. The highest BCUT2D eigenvalue weighted by Gasteiger charge is 2.07. The summed E-state index contributed by atoms with van der Waals surface area (Å²) < 4.78 is 12.2. The minimum atomic E-state index is -0.104. The highest BCUT2D eigenvalue weighted by molar-refractivity contribution is 5.65. The fraction of sp³-hybridized carbons (Fsp3) is 0.0323. The van der Waals surface area contributed by atoms with E-state index in [1.807, 2.05) is 103 Å². The predicted molar refractivity (Wildman–Crippen MR) is 136 cm³/mol. The van der Waals surface area contributed by atoms with Crippen LogP contribution < -0.4 is 9.47 Å². The second kappa shape index (κ2) is 10.1. The minimum Gasteiger partial charge on any atom is -0.457 e. The van der Waals surface area contributed by atoms with E-state index in [9.17, 15) is 5.11 Å². The van der Waals surface area contributed by atoms with Crippen molar-refractivity contribution in [2.45, 2.75) is 6.61 Å². The van der Waals surface area contributed by atoms with Gasteiger partial charge < -0.3 is 14.6 Å². The van der Waals surface area contributed by atoms with Crippen molar-refractivity contribution in [1.82, 2.24) is 0 Å². The summed E-state index contributed by atoms with van der Waals surface area (Å²) in [6.07, 6.45) is 0. The monoisotopic (exact) mass is 444 g/mol. The van der Waals surface area contributed by atoms with Gasteiger partial charge in [-0.1, -0.05) is 84.9 Å². The molecule has 34 heavy (non-hydrogen) atoms. The zero-order chi connectivity index (χ0) is 23.2. The summed E-state index contributed by atoms with van der Waals surface area (Å²) in [5.74, 6) is 2.64. The number of benzene rings is 5. The van der Waals surface area contributed by atoms with Gasteiger partial charge in [0, 0.05) is 6.07 Å². The summed E-state index contributed by atoms with van der Waals surface area (Å²) in [7, 11) is 0. The summed E-state index contributed by atoms with van der Waals surface area (Å²) in [5, 5.41) is 9.73. The van der Waals surface area contributed by atoms with Crippen molar-refractivity contribution in [2.24, 2.45) is 0 Å². The number of hydrogen-bond donors (Lipinski definition) is 1. The van der Waals surface area contributed by atoms with Gasteiger partial charge in [-0.3, -0.25) is 0 Å². The number of ether oxygens (including phenoxy) is 2. The van der Waals surface area contributed by atoms with Gasteiger partial charge in [-0.25, -0.2) is 0 Å². The normalized spacial score (nSPS) is 10.6. The van der Waals surface area contributed by atoms with Crippen molar-refractivity contribution < 1.29 is 14.6 Å². The number of aliphatic hydroxyl groups is 1. The molecule has 3 nitrogen and oxygen atoms in total. The number of hydrogen-bond acceptors (Lipinski definition) is 3. The van der Waals surface area contributed by atoms with Crippen LogP contribution in [0, 0.1) is 0 Å². The van der Waals surface area contributed by atoms with Crippen molar-refractivity contribution in [3.8, 4) is 45.3 Å². The van der Waals surface area contributed by atoms with E-state index in [0.717, 1.165) is 22.3 Å². The zero-order valence-corrected chi connectivity index (χ0v) is 18.6. The molecule has 0 saturated carbocycles. The second-order valence-corrected chi connectivity index (χ2v) is 7.96. The first-order chi connectivity index (χ1) is 16.8. The van der Waals surface area contributed by atoms with Gasteiger partial charge in [0.1, 0.15) is 23.0 Å². The molecule has 0 fully saturated rings. The van der Waals surface area contributed by atoms with Gasteiger partial charge in [0.15, 0.2) is 0 Å². The SMILES string of the molecule is OCc1cc(Oc2ccc(-c3ccccc3)cc2)cc(Oc2ccc(-c3ccccc3)cc2)c1. The Balaban J connectivity index is 1.32. The fourth-order valence-corrected chi connectivity index (χ4v) is 3.80. The van der Waals surface area contributed by atoms with Gasteiger partial charge in [0.25, 0.3) is 0 Å². The molecule has 166 valence electrons. The third-order valence-electron chi connectivity index (χ3n) is 5.52. The van der Waals surface area contributed by atoms with Crippen LogP contribution in [0.25, 0.3) is 22.3 Å². The summed E-state index contributed by atoms with van der Waals surface area (Å²) >= 11 is 0. The molecule has 1 N–H and O–H groups in total. The smallest absolute Gasteiger partial charge is 0.131 e. The molecule has 5 rings (SSSR count). The first kappa shape index (κ1) is 21.5. The Morgan fingerprint density at radius 2 is 0.794 bits per heavy atom. The van der Waals surface area contributed by atoms with Crippen LogP contribution in [0.3, 0.4) is 0 Å². The van der Waals surface area contributed by atoms with Crippen LogP contribution in [0.15, 0.2) is 127 Å². The Morgan fingerprint density at radius 1 is 0.412 bits per heavy atom. The quantitative estimate of drug-likeness (QED) is 0.276. The maximum absolute atomic E-state index is 9.73. The highest BCUT2D eigenvalue weighted by Crippen LogP contribution is 2.32. The average Bonchev–Trinajstić information content (AvgIpc) is 2.90. The molecule has 0 aliphatic heterocycles. The molecule has 0 saturated heterocycles. The number of aliphatic hydroxyl groups excluding tert-OH is 1. The molecule has 0 unspecified atom stereocenters. The maximum Gasteiger partial charge on any atom is 0.131 e. The molecule has 0 amide bonds. The molecule has 0 aromatic heterocycles. The Kier molecular flexibility index (Phi) is 6.37. The van der Waals surface area contributed by atoms with Crippen molar-refractivity contribution in [3.63, 3.8) is 0 Å². The van der Waals surface area contributed by atoms with Crippen LogP contribution in [0.4, 0.5) is 0 Å². The zero-order valence-electron chi connectivity index (χ0n) is 18.6. The Hall–Kier alpha value is -4.34. The second-order valence-electron chi connectivity index (χ2n) is 7.96. The first-order valence-electron chi connectivity index (χ1n) is 11.2. The molecule has 3 heteroatoms. The lowest BCUT2D eigenvalue weighted by atomic mass is 10.1. The average molecular weight is 445 g/mol. The van der Waals surface area contributed by atoms with Crippen LogP contribution in [-0.4, -0.2) is 5.11 Å². The van der Waals surface area contributed by atoms with Gasteiger partial charge in [-0.15, -0.1) is 0 Å². The van der Waals surface area contributed by atoms with Crippen LogP contribution in [-0.2, 0) is 6.61 Å². The first-order valence-corrected chi connectivity index (χ1v) is 11.2. The molecule has 0 spiro atoms. The standard InChI is InChI=1S/C31H24O3/c32-22-23-19-30(33-28-15-11-26(12-16-28)24-7-3-1-4-8-24)21-31(20-23)34-29-17-13-27(14-18-29)25-9-5-2-6-10-25/h1-21,32H,22H2. The van der Waals surface area contributed by atoms with Gasteiger partial charge >= 0.3 is 0 Å². The van der Waals surface area contributed by atoms with E-state index in [0.29, 0.717) is 28.6 Å². The van der Waals surface area contributed by atoms with E-state index in [4.69, 9.17) is 9.47 Å². The van der Waals surface area contributed by atoms with Crippen LogP contribution in [0.5, 0.6) is 23.0 Å². The lowest BCUT2D eigenvalue weighted by Gasteiger charge is -2.12.